The molecule has 0 aromatic heterocycles. The van der Waals surface area contributed by atoms with Crippen LogP contribution < -0.4 is 0 Å². The van der Waals surface area contributed by atoms with Crippen LogP contribution in [0.1, 0.15) is 77.0 Å². The summed E-state index contributed by atoms with van der Waals surface area (Å²) in [6, 6.07) is 17.5. The molecule has 8 nitrogen and oxygen atoms in total. The predicted octanol–water partition coefficient (Wildman–Crippen LogP) is 6.55. The molecule has 8 heteroatoms. The Morgan fingerprint density at radius 1 is 0.952 bits per heavy atom. The SMILES string of the molecule is COC(=O)/C(=C\CCCCCc1ccccc1CC1COC(C)(C)N1C(=O)OC(C)(C)C)C(=O)OCc1ccccc1. The Hall–Kier alpha value is -3.65. The Kier molecular flexibility index (Phi) is 11.7. The molecule has 1 fully saturated rings. The van der Waals surface area contributed by atoms with Gasteiger partial charge < -0.3 is 18.9 Å². The molecule has 2 aromatic carbocycles. The number of benzene rings is 2. The lowest BCUT2D eigenvalue weighted by Gasteiger charge is -2.35. The maximum absolute atomic E-state index is 13.0. The number of aryl methyl sites for hydroxylation is 1. The van der Waals surface area contributed by atoms with Crippen molar-refractivity contribution in [1.82, 2.24) is 4.90 Å². The molecule has 0 bridgehead atoms. The zero-order valence-electron chi connectivity index (χ0n) is 25.8. The van der Waals surface area contributed by atoms with Gasteiger partial charge in [0, 0.05) is 0 Å². The van der Waals surface area contributed by atoms with Gasteiger partial charge in [-0.05, 0) is 83.4 Å². The fourth-order valence-corrected chi connectivity index (χ4v) is 5.01. The van der Waals surface area contributed by atoms with E-state index in [4.69, 9.17) is 18.9 Å². The molecule has 3 rings (SSSR count). The van der Waals surface area contributed by atoms with Crippen LogP contribution in [0.3, 0.4) is 0 Å². The molecular formula is C34H45NO7. The number of esters is 2. The first-order chi connectivity index (χ1) is 19.9. The maximum atomic E-state index is 13.0. The second-order valence-electron chi connectivity index (χ2n) is 12.0. The summed E-state index contributed by atoms with van der Waals surface area (Å²) < 4.78 is 21.8. The van der Waals surface area contributed by atoms with Crippen LogP contribution in [0.5, 0.6) is 0 Å². The Morgan fingerprint density at radius 3 is 2.29 bits per heavy atom. The van der Waals surface area contributed by atoms with Gasteiger partial charge in [-0.3, -0.25) is 4.90 Å². The number of hydrogen-bond acceptors (Lipinski definition) is 7. The van der Waals surface area contributed by atoms with Crippen LogP contribution in [-0.2, 0) is 48.0 Å². The van der Waals surface area contributed by atoms with E-state index in [9.17, 15) is 14.4 Å². The number of carbonyl (C=O) groups is 3. The van der Waals surface area contributed by atoms with Crippen molar-refractivity contribution < 1.29 is 33.3 Å². The molecule has 2 aromatic rings. The molecule has 0 spiro atoms. The van der Waals surface area contributed by atoms with Crippen LogP contribution in [0.25, 0.3) is 0 Å². The van der Waals surface area contributed by atoms with Crippen molar-refractivity contribution in [2.75, 3.05) is 13.7 Å². The third kappa shape index (κ3) is 9.72. The molecular weight excluding hydrogens is 534 g/mol. The molecule has 1 amide bonds. The molecule has 0 saturated carbocycles. The summed E-state index contributed by atoms with van der Waals surface area (Å²) in [5.74, 6) is -1.37. The number of amides is 1. The standard InChI is InChI=1S/C34H45NO7/c1-33(2,3)42-32(38)35-28(24-41-34(35,4)5)22-27-20-15-14-19-26(27)18-12-7-8-13-21-29(30(36)39-6)31(37)40-23-25-16-10-9-11-17-25/h9-11,14-17,19-21,28H,7-8,12-13,18,22-24H2,1-6H3/b29-21+. The summed E-state index contributed by atoms with van der Waals surface area (Å²) in [5.41, 5.74) is 1.86. The van der Waals surface area contributed by atoms with Crippen molar-refractivity contribution in [1.29, 1.82) is 0 Å². The van der Waals surface area contributed by atoms with Gasteiger partial charge in [-0.25, -0.2) is 14.4 Å². The van der Waals surface area contributed by atoms with Crippen LogP contribution in [-0.4, -0.2) is 54.0 Å². The Labute approximate surface area is 250 Å². The third-order valence-electron chi connectivity index (χ3n) is 7.08. The average molecular weight is 580 g/mol. The van der Waals surface area contributed by atoms with Crippen molar-refractivity contribution >= 4 is 18.0 Å². The first kappa shape index (κ1) is 32.9. The molecule has 42 heavy (non-hydrogen) atoms. The number of unbranched alkanes of at least 4 members (excludes halogenated alkanes) is 3. The van der Waals surface area contributed by atoms with E-state index < -0.39 is 23.3 Å². The summed E-state index contributed by atoms with van der Waals surface area (Å²) in [6.07, 6.45) is 6.04. The number of allylic oxidation sites excluding steroid dienone is 1. The molecule has 1 atom stereocenters. The van der Waals surface area contributed by atoms with E-state index in [1.807, 2.05) is 77.1 Å². The van der Waals surface area contributed by atoms with Gasteiger partial charge in [0.1, 0.15) is 23.5 Å². The largest absolute Gasteiger partial charge is 0.465 e. The highest BCUT2D eigenvalue weighted by molar-refractivity contribution is 6.13. The van der Waals surface area contributed by atoms with E-state index in [1.54, 1.807) is 11.0 Å². The number of ether oxygens (including phenoxy) is 4. The highest BCUT2D eigenvalue weighted by atomic mass is 16.6. The van der Waals surface area contributed by atoms with E-state index in [-0.39, 0.29) is 24.3 Å². The van der Waals surface area contributed by atoms with E-state index >= 15 is 0 Å². The molecule has 1 saturated heterocycles. The Bertz CT molecular complexity index is 1230. The number of rotatable bonds is 12. The Balaban J connectivity index is 1.53. The van der Waals surface area contributed by atoms with Crippen LogP contribution >= 0.6 is 0 Å². The summed E-state index contributed by atoms with van der Waals surface area (Å²) >= 11 is 0. The van der Waals surface area contributed by atoms with Gasteiger partial charge in [0.25, 0.3) is 0 Å². The molecule has 1 aliphatic heterocycles. The molecule has 228 valence electrons. The minimum Gasteiger partial charge on any atom is -0.465 e. The topological polar surface area (TPSA) is 91.4 Å². The van der Waals surface area contributed by atoms with Gasteiger partial charge in [-0.1, -0.05) is 67.1 Å². The van der Waals surface area contributed by atoms with Crippen LogP contribution in [0.2, 0.25) is 0 Å². The minimum atomic E-state index is -0.744. The molecule has 1 unspecified atom stereocenters. The quantitative estimate of drug-likeness (QED) is 0.0704. The van der Waals surface area contributed by atoms with E-state index in [0.29, 0.717) is 19.4 Å². The zero-order chi connectivity index (χ0) is 30.8. The van der Waals surface area contributed by atoms with Crippen molar-refractivity contribution in [3.8, 4) is 0 Å². The van der Waals surface area contributed by atoms with Crippen molar-refractivity contribution in [3.05, 3.63) is 82.9 Å². The predicted molar refractivity (Wildman–Crippen MR) is 161 cm³/mol. The maximum Gasteiger partial charge on any atom is 0.412 e. The minimum absolute atomic E-state index is 0.0741. The summed E-state index contributed by atoms with van der Waals surface area (Å²) in [6.45, 7) is 9.92. The van der Waals surface area contributed by atoms with Gasteiger partial charge in [0.15, 0.2) is 0 Å². The lowest BCUT2D eigenvalue weighted by Crippen LogP contribution is -2.50. The van der Waals surface area contributed by atoms with Crippen molar-refractivity contribution in [2.45, 2.75) is 97.1 Å². The Morgan fingerprint density at radius 2 is 1.62 bits per heavy atom. The van der Waals surface area contributed by atoms with E-state index in [1.165, 1.54) is 18.2 Å². The molecule has 0 radical (unpaired) electrons. The normalized spacial score (nSPS) is 16.7. The van der Waals surface area contributed by atoms with Crippen LogP contribution in [0.4, 0.5) is 4.79 Å². The highest BCUT2D eigenvalue weighted by Crippen LogP contribution is 2.32. The number of hydrogen-bond donors (Lipinski definition) is 0. The number of methoxy groups -OCH3 is 1. The summed E-state index contributed by atoms with van der Waals surface area (Å²) in [4.78, 5) is 39.5. The lowest BCUT2D eigenvalue weighted by molar-refractivity contribution is -0.146. The lowest BCUT2D eigenvalue weighted by atomic mass is 9.95. The average Bonchev–Trinajstić information content (AvgIpc) is 3.24. The van der Waals surface area contributed by atoms with Gasteiger partial charge >= 0.3 is 18.0 Å². The van der Waals surface area contributed by atoms with E-state index in [0.717, 1.165) is 31.2 Å². The second kappa shape index (κ2) is 15.0. The van der Waals surface area contributed by atoms with E-state index in [2.05, 4.69) is 12.1 Å². The molecule has 1 heterocycles. The molecule has 0 aliphatic carbocycles. The first-order valence-electron chi connectivity index (χ1n) is 14.6. The van der Waals surface area contributed by atoms with Crippen molar-refractivity contribution in [2.24, 2.45) is 0 Å². The third-order valence-corrected chi connectivity index (χ3v) is 7.08. The first-order valence-corrected chi connectivity index (χ1v) is 14.6. The summed E-state index contributed by atoms with van der Waals surface area (Å²) in [5, 5.41) is 0. The van der Waals surface area contributed by atoms with Crippen molar-refractivity contribution in [3.63, 3.8) is 0 Å². The fourth-order valence-electron chi connectivity index (χ4n) is 5.01. The monoisotopic (exact) mass is 579 g/mol. The van der Waals surface area contributed by atoms with Gasteiger partial charge in [-0.15, -0.1) is 0 Å². The van der Waals surface area contributed by atoms with Gasteiger partial charge in [0.2, 0.25) is 0 Å². The zero-order valence-corrected chi connectivity index (χ0v) is 25.8. The number of carbonyl (C=O) groups excluding carboxylic acids is 3. The second-order valence-corrected chi connectivity index (χ2v) is 12.0. The fraction of sp³-hybridized carbons (Fsp3) is 0.500. The molecule has 1 aliphatic rings. The smallest absolute Gasteiger partial charge is 0.412 e. The van der Waals surface area contributed by atoms with Crippen LogP contribution in [0, 0.1) is 0 Å². The molecule has 0 N–H and O–H groups in total. The summed E-state index contributed by atoms with van der Waals surface area (Å²) in [7, 11) is 1.25. The number of nitrogens with zero attached hydrogens (tertiary/aromatic N) is 1. The van der Waals surface area contributed by atoms with Crippen LogP contribution in [0.15, 0.2) is 66.2 Å². The van der Waals surface area contributed by atoms with Gasteiger partial charge in [-0.2, -0.15) is 0 Å². The highest BCUT2D eigenvalue weighted by Gasteiger charge is 2.45. The van der Waals surface area contributed by atoms with Gasteiger partial charge in [0.05, 0.1) is 19.8 Å².